The number of aromatic nitrogens is 2. The highest BCUT2D eigenvalue weighted by molar-refractivity contribution is 5.67. The Balaban J connectivity index is 1.97. The molecule has 1 unspecified atom stereocenters. The Bertz CT molecular complexity index is 426. The van der Waals surface area contributed by atoms with Gasteiger partial charge in [-0.25, -0.2) is 9.78 Å². The Morgan fingerprint density at radius 2 is 2.44 bits per heavy atom. The van der Waals surface area contributed by atoms with Crippen molar-refractivity contribution in [1.29, 1.82) is 0 Å². The van der Waals surface area contributed by atoms with Gasteiger partial charge in [0.15, 0.2) is 0 Å². The molecule has 1 aliphatic rings. The average Bonchev–Trinajstić information content (AvgIpc) is 2.87. The lowest BCUT2D eigenvalue weighted by Gasteiger charge is -2.17. The molecule has 2 N–H and O–H groups in total. The van der Waals surface area contributed by atoms with Crippen LogP contribution in [0.2, 0.25) is 0 Å². The van der Waals surface area contributed by atoms with Crippen LogP contribution in [0.4, 0.5) is 16.6 Å². The number of anilines is 2. The summed E-state index contributed by atoms with van der Waals surface area (Å²) in [4.78, 5) is 21.7. The highest BCUT2D eigenvalue weighted by Crippen LogP contribution is 2.18. The minimum atomic E-state index is -0.388. The largest absolute Gasteiger partial charge is 0.453 e. The number of hydrogen-bond acceptors (Lipinski definition) is 6. The third-order valence-corrected chi connectivity index (χ3v) is 2.88. The standard InChI is InChI=1S/C11H17N5O2/c1-12-10-13-5-3-9(15-10)16-6-4-8(7-16)14-11(17)18-2/h3,5,8H,4,6-7H2,1-2H3,(H,14,17)(H,12,13,15). The van der Waals surface area contributed by atoms with Crippen LogP contribution >= 0.6 is 0 Å². The van der Waals surface area contributed by atoms with E-state index in [1.54, 1.807) is 13.2 Å². The van der Waals surface area contributed by atoms with Crippen LogP contribution < -0.4 is 15.5 Å². The molecule has 0 bridgehead atoms. The molecular formula is C11H17N5O2. The summed E-state index contributed by atoms with van der Waals surface area (Å²) >= 11 is 0. The zero-order valence-corrected chi connectivity index (χ0v) is 10.5. The van der Waals surface area contributed by atoms with Gasteiger partial charge in [-0.3, -0.25) is 0 Å². The van der Waals surface area contributed by atoms with Crippen LogP contribution in [0.15, 0.2) is 12.3 Å². The number of amides is 1. The second-order valence-corrected chi connectivity index (χ2v) is 4.06. The molecule has 1 aliphatic heterocycles. The van der Waals surface area contributed by atoms with E-state index in [1.807, 2.05) is 6.07 Å². The summed E-state index contributed by atoms with van der Waals surface area (Å²) in [5.41, 5.74) is 0. The Kier molecular flexibility index (Phi) is 3.81. The van der Waals surface area contributed by atoms with Gasteiger partial charge in [-0.15, -0.1) is 0 Å². The first-order valence-corrected chi connectivity index (χ1v) is 5.83. The molecule has 2 rings (SSSR count). The summed E-state index contributed by atoms with van der Waals surface area (Å²) in [6, 6.07) is 1.96. The fourth-order valence-electron chi connectivity index (χ4n) is 1.96. The molecule has 1 aromatic heterocycles. The molecule has 7 nitrogen and oxygen atoms in total. The zero-order chi connectivity index (χ0) is 13.0. The first kappa shape index (κ1) is 12.4. The highest BCUT2D eigenvalue weighted by atomic mass is 16.5. The second-order valence-electron chi connectivity index (χ2n) is 4.06. The Morgan fingerprint density at radius 3 is 3.17 bits per heavy atom. The molecule has 2 heterocycles. The number of ether oxygens (including phenoxy) is 1. The SMILES string of the molecule is CNc1nccc(N2CCC(NC(=O)OC)C2)n1. The van der Waals surface area contributed by atoms with Crippen LogP contribution in [-0.4, -0.2) is 49.4 Å². The van der Waals surface area contributed by atoms with Gasteiger partial charge >= 0.3 is 6.09 Å². The van der Waals surface area contributed by atoms with E-state index in [-0.39, 0.29) is 12.1 Å². The predicted molar refractivity (Wildman–Crippen MR) is 67.7 cm³/mol. The minimum Gasteiger partial charge on any atom is -0.453 e. The van der Waals surface area contributed by atoms with Gasteiger partial charge in [-0.2, -0.15) is 4.98 Å². The maximum Gasteiger partial charge on any atom is 0.407 e. The zero-order valence-electron chi connectivity index (χ0n) is 10.5. The van der Waals surface area contributed by atoms with E-state index in [1.165, 1.54) is 7.11 Å². The Morgan fingerprint density at radius 1 is 1.61 bits per heavy atom. The van der Waals surface area contributed by atoms with E-state index < -0.39 is 0 Å². The normalized spacial score (nSPS) is 18.6. The lowest BCUT2D eigenvalue weighted by atomic mass is 10.3. The number of nitrogens with zero attached hydrogens (tertiary/aromatic N) is 3. The summed E-state index contributed by atoms with van der Waals surface area (Å²) in [5.74, 6) is 1.46. The molecule has 1 amide bonds. The summed E-state index contributed by atoms with van der Waals surface area (Å²) in [6.45, 7) is 1.59. The van der Waals surface area contributed by atoms with Gasteiger partial charge in [0.1, 0.15) is 5.82 Å². The number of hydrogen-bond donors (Lipinski definition) is 2. The molecule has 0 saturated carbocycles. The molecule has 18 heavy (non-hydrogen) atoms. The first-order chi connectivity index (χ1) is 8.72. The topological polar surface area (TPSA) is 79.4 Å². The number of alkyl carbamates (subject to hydrolysis) is 1. The quantitative estimate of drug-likeness (QED) is 0.812. The van der Waals surface area contributed by atoms with Gasteiger partial charge in [0, 0.05) is 26.3 Å². The summed E-state index contributed by atoms with van der Waals surface area (Å²) in [5, 5.41) is 5.70. The van der Waals surface area contributed by atoms with Crippen LogP contribution in [0.1, 0.15) is 6.42 Å². The summed E-state index contributed by atoms with van der Waals surface area (Å²) in [6.07, 6.45) is 2.21. The molecule has 1 fully saturated rings. The van der Waals surface area contributed by atoms with Gasteiger partial charge in [0.2, 0.25) is 5.95 Å². The molecule has 1 atom stereocenters. The maximum absolute atomic E-state index is 11.1. The van der Waals surface area contributed by atoms with Gasteiger partial charge in [0.05, 0.1) is 13.2 Å². The van der Waals surface area contributed by atoms with Gasteiger partial charge in [-0.05, 0) is 12.5 Å². The lowest BCUT2D eigenvalue weighted by molar-refractivity contribution is 0.167. The van der Waals surface area contributed by atoms with E-state index in [4.69, 9.17) is 0 Å². The lowest BCUT2D eigenvalue weighted by Crippen LogP contribution is -2.37. The van der Waals surface area contributed by atoms with Crippen LogP contribution in [0, 0.1) is 0 Å². The van der Waals surface area contributed by atoms with Gasteiger partial charge in [0.25, 0.3) is 0 Å². The number of rotatable bonds is 3. The fourth-order valence-corrected chi connectivity index (χ4v) is 1.96. The van der Waals surface area contributed by atoms with Crippen molar-refractivity contribution in [1.82, 2.24) is 15.3 Å². The smallest absolute Gasteiger partial charge is 0.407 e. The number of carbonyl (C=O) groups is 1. The van der Waals surface area contributed by atoms with Crippen LogP contribution in [0.3, 0.4) is 0 Å². The van der Waals surface area contributed by atoms with Crippen LogP contribution in [0.5, 0.6) is 0 Å². The van der Waals surface area contributed by atoms with Crippen molar-refractivity contribution in [2.75, 3.05) is 37.5 Å². The van der Waals surface area contributed by atoms with Crippen LogP contribution in [0.25, 0.3) is 0 Å². The molecule has 0 aliphatic carbocycles. The van der Waals surface area contributed by atoms with Crippen molar-refractivity contribution in [3.63, 3.8) is 0 Å². The van der Waals surface area contributed by atoms with Crippen molar-refractivity contribution in [2.24, 2.45) is 0 Å². The third-order valence-electron chi connectivity index (χ3n) is 2.88. The van der Waals surface area contributed by atoms with E-state index in [9.17, 15) is 4.79 Å². The fraction of sp³-hybridized carbons (Fsp3) is 0.545. The molecule has 1 aromatic rings. The Labute approximate surface area is 106 Å². The monoisotopic (exact) mass is 251 g/mol. The predicted octanol–water partition coefficient (Wildman–Crippen LogP) is 0.453. The van der Waals surface area contributed by atoms with E-state index >= 15 is 0 Å². The number of carbonyl (C=O) groups excluding carboxylic acids is 1. The molecule has 7 heteroatoms. The molecular weight excluding hydrogens is 234 g/mol. The van der Waals surface area contributed by atoms with Gasteiger partial charge < -0.3 is 20.3 Å². The van der Waals surface area contributed by atoms with Crippen molar-refractivity contribution >= 4 is 17.9 Å². The van der Waals surface area contributed by atoms with Crippen LogP contribution in [-0.2, 0) is 4.74 Å². The van der Waals surface area contributed by atoms with E-state index in [0.717, 1.165) is 25.3 Å². The molecule has 0 radical (unpaired) electrons. The Hall–Kier alpha value is -2.05. The van der Waals surface area contributed by atoms with E-state index in [2.05, 4.69) is 30.2 Å². The van der Waals surface area contributed by atoms with Crippen molar-refractivity contribution < 1.29 is 9.53 Å². The van der Waals surface area contributed by atoms with E-state index in [0.29, 0.717) is 5.95 Å². The number of nitrogens with one attached hydrogen (secondary N) is 2. The minimum absolute atomic E-state index is 0.102. The molecule has 0 aromatic carbocycles. The average molecular weight is 251 g/mol. The number of methoxy groups -OCH3 is 1. The third kappa shape index (κ3) is 2.79. The summed E-state index contributed by atoms with van der Waals surface area (Å²) < 4.78 is 4.59. The first-order valence-electron chi connectivity index (χ1n) is 5.83. The molecule has 98 valence electrons. The summed E-state index contributed by atoms with van der Waals surface area (Å²) in [7, 11) is 3.15. The second kappa shape index (κ2) is 5.52. The van der Waals surface area contributed by atoms with Gasteiger partial charge in [-0.1, -0.05) is 0 Å². The van der Waals surface area contributed by atoms with Crippen molar-refractivity contribution in [3.05, 3.63) is 12.3 Å². The molecule has 1 saturated heterocycles. The maximum atomic E-state index is 11.1. The highest BCUT2D eigenvalue weighted by Gasteiger charge is 2.25. The molecule has 0 spiro atoms. The van der Waals surface area contributed by atoms with Crippen molar-refractivity contribution in [3.8, 4) is 0 Å². The van der Waals surface area contributed by atoms with Crippen molar-refractivity contribution in [2.45, 2.75) is 12.5 Å².